The molecule has 0 spiro atoms. The zero-order valence-corrected chi connectivity index (χ0v) is 19.0. The minimum Gasteiger partial charge on any atom is -0.493 e. The topological polar surface area (TPSA) is 84.9 Å². The first-order valence-electron chi connectivity index (χ1n) is 9.27. The van der Waals surface area contributed by atoms with E-state index in [1.807, 2.05) is 32.0 Å². The van der Waals surface area contributed by atoms with E-state index in [0.29, 0.717) is 27.8 Å². The fourth-order valence-corrected chi connectivity index (χ4v) is 4.33. The van der Waals surface area contributed by atoms with Crippen LogP contribution in [0.1, 0.15) is 16.7 Å². The second kappa shape index (κ2) is 9.45. The van der Waals surface area contributed by atoms with Crippen LogP contribution < -0.4 is 14.8 Å². The molecule has 31 heavy (non-hydrogen) atoms. The number of amides is 3. The first kappa shape index (κ1) is 22.7. The smallest absolute Gasteiger partial charge is 0.294 e. The van der Waals surface area contributed by atoms with E-state index in [1.165, 1.54) is 20.3 Å². The summed E-state index contributed by atoms with van der Waals surface area (Å²) in [5.74, 6) is -0.232. The van der Waals surface area contributed by atoms with Gasteiger partial charge in [-0.1, -0.05) is 17.7 Å². The van der Waals surface area contributed by atoms with Crippen LogP contribution in [-0.2, 0) is 9.59 Å². The van der Waals surface area contributed by atoms with Crippen LogP contribution in [0.15, 0.2) is 35.2 Å². The van der Waals surface area contributed by atoms with Crippen LogP contribution in [0.4, 0.5) is 10.5 Å². The van der Waals surface area contributed by atoms with Crippen molar-refractivity contribution in [3.63, 3.8) is 0 Å². The highest BCUT2D eigenvalue weighted by molar-refractivity contribution is 8.18. The predicted molar refractivity (Wildman–Crippen MR) is 122 cm³/mol. The third-order valence-electron chi connectivity index (χ3n) is 4.43. The zero-order valence-electron chi connectivity index (χ0n) is 17.4. The summed E-state index contributed by atoms with van der Waals surface area (Å²) in [5, 5.41) is 2.52. The summed E-state index contributed by atoms with van der Waals surface area (Å²) in [6.07, 6.45) is 1.53. The molecule has 9 heteroatoms. The van der Waals surface area contributed by atoms with Gasteiger partial charge in [0.25, 0.3) is 11.1 Å². The van der Waals surface area contributed by atoms with Crippen LogP contribution in [-0.4, -0.2) is 42.7 Å². The molecular formula is C22H21ClN2O5S. The number of imide groups is 1. The number of benzene rings is 2. The van der Waals surface area contributed by atoms with E-state index in [-0.39, 0.29) is 11.4 Å². The molecule has 1 N–H and O–H groups in total. The molecule has 0 radical (unpaired) electrons. The highest BCUT2D eigenvalue weighted by Gasteiger charge is 2.36. The Labute approximate surface area is 189 Å². The van der Waals surface area contributed by atoms with Gasteiger partial charge in [-0.05, 0) is 72.6 Å². The Balaban J connectivity index is 1.76. The number of rotatable bonds is 6. The largest absolute Gasteiger partial charge is 0.493 e. The third kappa shape index (κ3) is 5.21. The number of anilines is 1. The molecule has 0 atom stereocenters. The van der Waals surface area contributed by atoms with Gasteiger partial charge < -0.3 is 14.8 Å². The van der Waals surface area contributed by atoms with Gasteiger partial charge in [0.15, 0.2) is 11.5 Å². The van der Waals surface area contributed by atoms with Crippen LogP contribution in [0.5, 0.6) is 11.5 Å². The summed E-state index contributed by atoms with van der Waals surface area (Å²) in [4.78, 5) is 38.6. The number of ether oxygens (including phenoxy) is 2. The lowest BCUT2D eigenvalue weighted by atomic mass is 10.1. The highest BCUT2D eigenvalue weighted by Crippen LogP contribution is 2.38. The van der Waals surface area contributed by atoms with Gasteiger partial charge in [-0.25, -0.2) is 0 Å². The van der Waals surface area contributed by atoms with Crippen molar-refractivity contribution in [2.45, 2.75) is 13.8 Å². The fourth-order valence-electron chi connectivity index (χ4n) is 3.20. The van der Waals surface area contributed by atoms with Gasteiger partial charge in [-0.2, -0.15) is 0 Å². The van der Waals surface area contributed by atoms with Crippen molar-refractivity contribution in [3.8, 4) is 11.5 Å². The Morgan fingerprint density at radius 2 is 1.77 bits per heavy atom. The normalized spacial score (nSPS) is 14.9. The Morgan fingerprint density at radius 1 is 1.10 bits per heavy atom. The first-order chi connectivity index (χ1) is 14.7. The maximum Gasteiger partial charge on any atom is 0.294 e. The van der Waals surface area contributed by atoms with Gasteiger partial charge >= 0.3 is 0 Å². The van der Waals surface area contributed by atoms with Gasteiger partial charge in [0.2, 0.25) is 5.91 Å². The number of halogens is 1. The lowest BCUT2D eigenvalue weighted by Gasteiger charge is -2.13. The number of thioether (sulfide) groups is 1. The number of nitrogens with one attached hydrogen (secondary N) is 1. The van der Waals surface area contributed by atoms with Crippen molar-refractivity contribution >= 4 is 52.2 Å². The number of carbonyl (C=O) groups excluding carboxylic acids is 3. The molecule has 1 fully saturated rings. The van der Waals surface area contributed by atoms with Gasteiger partial charge in [0.05, 0.1) is 24.1 Å². The van der Waals surface area contributed by atoms with Crippen molar-refractivity contribution in [1.29, 1.82) is 0 Å². The molecule has 0 unspecified atom stereocenters. The van der Waals surface area contributed by atoms with Crippen molar-refractivity contribution in [2.24, 2.45) is 0 Å². The minimum atomic E-state index is -0.545. The third-order valence-corrected chi connectivity index (χ3v) is 5.62. The fraction of sp³-hybridized carbons (Fsp3) is 0.227. The SMILES string of the molecule is COc1cc(/C=C2\SC(=O)N(CC(=O)Nc3cc(C)cc(C)c3)C2=O)cc(Cl)c1OC. The number of carbonyl (C=O) groups is 3. The molecule has 0 bridgehead atoms. The van der Waals surface area contributed by atoms with Crippen LogP contribution in [0.25, 0.3) is 6.08 Å². The van der Waals surface area contributed by atoms with E-state index in [4.69, 9.17) is 21.1 Å². The summed E-state index contributed by atoms with van der Waals surface area (Å²) in [5.41, 5.74) is 3.17. The molecule has 0 aliphatic carbocycles. The van der Waals surface area contributed by atoms with Crippen LogP contribution >= 0.6 is 23.4 Å². The Kier molecular flexibility index (Phi) is 6.92. The molecule has 2 aromatic rings. The van der Waals surface area contributed by atoms with Crippen molar-refractivity contribution < 1.29 is 23.9 Å². The van der Waals surface area contributed by atoms with E-state index < -0.39 is 17.1 Å². The summed E-state index contributed by atoms with van der Waals surface area (Å²) in [6.45, 7) is 3.47. The monoisotopic (exact) mass is 460 g/mol. The van der Waals surface area contributed by atoms with Crippen LogP contribution in [0.3, 0.4) is 0 Å². The molecule has 0 aromatic heterocycles. The zero-order chi connectivity index (χ0) is 22.7. The number of hydrogen-bond acceptors (Lipinski definition) is 6. The lowest BCUT2D eigenvalue weighted by Crippen LogP contribution is -2.36. The van der Waals surface area contributed by atoms with Crippen LogP contribution in [0.2, 0.25) is 5.02 Å². The number of aryl methyl sites for hydroxylation is 2. The van der Waals surface area contributed by atoms with Crippen molar-refractivity contribution in [2.75, 3.05) is 26.1 Å². The minimum absolute atomic E-state index is 0.187. The molecular weight excluding hydrogens is 440 g/mol. The van der Waals surface area contributed by atoms with Gasteiger partial charge in [-0.3, -0.25) is 19.3 Å². The Bertz CT molecular complexity index is 1080. The molecule has 1 heterocycles. The molecule has 3 rings (SSSR count). The van der Waals surface area contributed by atoms with E-state index in [9.17, 15) is 14.4 Å². The second-order valence-electron chi connectivity index (χ2n) is 6.93. The first-order valence-corrected chi connectivity index (χ1v) is 10.5. The van der Waals surface area contributed by atoms with Crippen molar-refractivity contribution in [1.82, 2.24) is 4.90 Å². The quantitative estimate of drug-likeness (QED) is 0.631. The molecule has 3 amide bonds. The van der Waals surface area contributed by atoms with Crippen molar-refractivity contribution in [3.05, 3.63) is 56.9 Å². The molecule has 7 nitrogen and oxygen atoms in total. The Morgan fingerprint density at radius 3 is 2.39 bits per heavy atom. The maximum atomic E-state index is 12.7. The van der Waals surface area contributed by atoms with E-state index >= 15 is 0 Å². The molecule has 1 aliphatic rings. The van der Waals surface area contributed by atoms with E-state index in [0.717, 1.165) is 27.8 Å². The lowest BCUT2D eigenvalue weighted by molar-refractivity contribution is -0.127. The summed E-state index contributed by atoms with van der Waals surface area (Å²) >= 11 is 6.97. The molecule has 1 saturated heterocycles. The van der Waals surface area contributed by atoms with E-state index in [1.54, 1.807) is 12.1 Å². The average Bonchev–Trinajstić information content (AvgIpc) is 2.94. The maximum absolute atomic E-state index is 12.7. The number of nitrogens with zero attached hydrogens (tertiary/aromatic N) is 1. The molecule has 162 valence electrons. The van der Waals surface area contributed by atoms with Gasteiger partial charge in [0, 0.05) is 5.69 Å². The predicted octanol–water partition coefficient (Wildman–Crippen LogP) is 4.65. The summed E-state index contributed by atoms with van der Waals surface area (Å²) in [6, 6.07) is 8.87. The van der Waals surface area contributed by atoms with Gasteiger partial charge in [0.1, 0.15) is 6.54 Å². The second-order valence-corrected chi connectivity index (χ2v) is 8.33. The molecule has 0 saturated carbocycles. The molecule has 2 aromatic carbocycles. The van der Waals surface area contributed by atoms with Crippen LogP contribution in [0, 0.1) is 13.8 Å². The Hall–Kier alpha value is -2.97. The average molecular weight is 461 g/mol. The summed E-state index contributed by atoms with van der Waals surface area (Å²) in [7, 11) is 2.94. The summed E-state index contributed by atoms with van der Waals surface area (Å²) < 4.78 is 10.5. The number of methoxy groups -OCH3 is 2. The standard InChI is InChI=1S/C22H21ClN2O5S/c1-12-5-13(2)7-15(6-12)24-19(26)11-25-21(27)18(31-22(25)28)10-14-8-16(23)20(30-4)17(9-14)29-3/h5-10H,11H2,1-4H3,(H,24,26)/b18-10-. The number of hydrogen-bond donors (Lipinski definition) is 1. The molecule has 1 aliphatic heterocycles. The van der Waals surface area contributed by atoms with E-state index in [2.05, 4.69) is 5.32 Å². The highest BCUT2D eigenvalue weighted by atomic mass is 35.5. The van der Waals surface area contributed by atoms with Gasteiger partial charge in [-0.15, -0.1) is 0 Å².